The first-order chi connectivity index (χ1) is 13.6. The van der Waals surface area contributed by atoms with Crippen LogP contribution in [0.25, 0.3) is 10.9 Å². The molecule has 0 aliphatic heterocycles. The topological polar surface area (TPSA) is 46.3 Å². The highest BCUT2D eigenvalue weighted by molar-refractivity contribution is 6.30. The molecule has 0 unspecified atom stereocenters. The lowest BCUT2D eigenvalue weighted by Crippen LogP contribution is -2.30. The molecule has 0 saturated carbocycles. The van der Waals surface area contributed by atoms with Crippen LogP contribution in [0.4, 0.5) is 0 Å². The van der Waals surface area contributed by atoms with Crippen molar-refractivity contribution in [3.8, 4) is 0 Å². The van der Waals surface area contributed by atoms with Gasteiger partial charge in [-0.15, -0.1) is 0 Å². The third kappa shape index (κ3) is 3.92. The van der Waals surface area contributed by atoms with E-state index < -0.39 is 0 Å². The van der Waals surface area contributed by atoms with Gasteiger partial charge >= 0.3 is 0 Å². The maximum atomic E-state index is 13.1. The summed E-state index contributed by atoms with van der Waals surface area (Å²) in [5, 5.41) is 1.40. The summed E-state index contributed by atoms with van der Waals surface area (Å²) in [5.74, 6) is 0.627. The lowest BCUT2D eigenvalue weighted by atomic mass is 10.1. The summed E-state index contributed by atoms with van der Waals surface area (Å²) in [7, 11) is 0. The van der Waals surface area contributed by atoms with E-state index in [1.807, 2.05) is 61.5 Å². The van der Waals surface area contributed by atoms with E-state index in [0.29, 0.717) is 29.6 Å². The fourth-order valence-electron chi connectivity index (χ4n) is 3.17. The van der Waals surface area contributed by atoms with Crippen LogP contribution in [0.3, 0.4) is 0 Å². The van der Waals surface area contributed by atoms with Crippen molar-refractivity contribution in [1.29, 1.82) is 0 Å². The van der Waals surface area contributed by atoms with Gasteiger partial charge in [-0.05, 0) is 48.9 Å². The smallest absolute Gasteiger partial charge is 0.254 e. The zero-order valence-corrected chi connectivity index (χ0v) is 16.2. The normalized spacial score (nSPS) is 10.9. The van der Waals surface area contributed by atoms with Crippen molar-refractivity contribution in [2.24, 2.45) is 0 Å². The Labute approximate surface area is 168 Å². The number of furan rings is 1. The first kappa shape index (κ1) is 18.3. The van der Waals surface area contributed by atoms with Gasteiger partial charge in [-0.2, -0.15) is 0 Å². The Morgan fingerprint density at radius 3 is 2.61 bits per heavy atom. The minimum atomic E-state index is -0.0860. The van der Waals surface area contributed by atoms with Gasteiger partial charge in [-0.3, -0.25) is 4.79 Å². The third-order valence-electron chi connectivity index (χ3n) is 4.60. The van der Waals surface area contributed by atoms with Gasteiger partial charge in [0.15, 0.2) is 0 Å². The molecule has 0 N–H and O–H groups in total. The number of nitrogens with zero attached hydrogens (tertiary/aromatic N) is 2. The Balaban J connectivity index is 1.69. The van der Waals surface area contributed by atoms with Gasteiger partial charge in [-0.1, -0.05) is 41.9 Å². The highest BCUT2D eigenvalue weighted by Gasteiger charge is 2.19. The van der Waals surface area contributed by atoms with Gasteiger partial charge in [0.05, 0.1) is 18.3 Å². The molecule has 4 aromatic rings. The van der Waals surface area contributed by atoms with Crippen LogP contribution >= 0.6 is 11.6 Å². The van der Waals surface area contributed by atoms with Gasteiger partial charge < -0.3 is 9.32 Å². The molecule has 0 aliphatic carbocycles. The van der Waals surface area contributed by atoms with Crippen molar-refractivity contribution in [1.82, 2.24) is 9.88 Å². The first-order valence-electron chi connectivity index (χ1n) is 9.02. The van der Waals surface area contributed by atoms with Crippen LogP contribution in [0.5, 0.6) is 0 Å². The van der Waals surface area contributed by atoms with Crippen molar-refractivity contribution in [2.45, 2.75) is 20.0 Å². The molecule has 0 bridgehead atoms. The summed E-state index contributed by atoms with van der Waals surface area (Å²) in [5.41, 5.74) is 3.40. The SMILES string of the molecule is Cc1ccc2cc(CN(Cc3ccco3)C(=O)c3ccccc3)c(Cl)nc2c1. The first-order valence-corrected chi connectivity index (χ1v) is 9.40. The van der Waals surface area contributed by atoms with Crippen LogP contribution in [0, 0.1) is 6.92 Å². The number of amides is 1. The molecule has 1 amide bonds. The van der Waals surface area contributed by atoms with E-state index in [0.717, 1.165) is 22.0 Å². The van der Waals surface area contributed by atoms with Gasteiger partial charge in [0.25, 0.3) is 5.91 Å². The molecule has 0 aliphatic rings. The molecule has 28 heavy (non-hydrogen) atoms. The molecule has 5 heteroatoms. The highest BCUT2D eigenvalue weighted by atomic mass is 35.5. The molecule has 0 saturated heterocycles. The second-order valence-electron chi connectivity index (χ2n) is 6.74. The molecule has 4 nitrogen and oxygen atoms in total. The van der Waals surface area contributed by atoms with Crippen LogP contribution in [0.2, 0.25) is 5.15 Å². The quantitative estimate of drug-likeness (QED) is 0.415. The molecule has 0 fully saturated rings. The summed E-state index contributed by atoms with van der Waals surface area (Å²) in [6, 6.07) is 20.9. The molecule has 0 radical (unpaired) electrons. The largest absolute Gasteiger partial charge is 0.467 e. The molecule has 2 heterocycles. The van der Waals surface area contributed by atoms with E-state index in [4.69, 9.17) is 16.0 Å². The lowest BCUT2D eigenvalue weighted by Gasteiger charge is -2.22. The molecule has 2 aromatic heterocycles. The zero-order valence-electron chi connectivity index (χ0n) is 15.4. The Morgan fingerprint density at radius 1 is 1.04 bits per heavy atom. The second-order valence-corrected chi connectivity index (χ2v) is 7.10. The average molecular weight is 391 g/mol. The van der Waals surface area contributed by atoms with Crippen LogP contribution in [0.15, 0.2) is 77.4 Å². The number of aryl methyl sites for hydroxylation is 1. The van der Waals surface area contributed by atoms with E-state index >= 15 is 0 Å². The van der Waals surface area contributed by atoms with E-state index in [1.54, 1.807) is 23.3 Å². The Morgan fingerprint density at radius 2 is 1.86 bits per heavy atom. The highest BCUT2D eigenvalue weighted by Crippen LogP contribution is 2.24. The van der Waals surface area contributed by atoms with Gasteiger partial charge in [-0.25, -0.2) is 4.98 Å². The summed E-state index contributed by atoms with van der Waals surface area (Å²) in [4.78, 5) is 19.4. The predicted octanol–water partition coefficient (Wildman–Crippen LogP) is 5.63. The number of carbonyl (C=O) groups is 1. The number of carbonyl (C=O) groups excluding carboxylic acids is 1. The average Bonchev–Trinajstić information content (AvgIpc) is 3.21. The van der Waals surface area contributed by atoms with Crippen molar-refractivity contribution in [3.05, 3.63) is 101 Å². The van der Waals surface area contributed by atoms with Crippen LogP contribution in [-0.2, 0) is 13.1 Å². The second kappa shape index (κ2) is 7.87. The van der Waals surface area contributed by atoms with E-state index in [2.05, 4.69) is 4.98 Å². The molecular weight excluding hydrogens is 372 g/mol. The maximum absolute atomic E-state index is 13.1. The third-order valence-corrected chi connectivity index (χ3v) is 4.92. The number of halogens is 1. The fraction of sp³-hybridized carbons (Fsp3) is 0.130. The minimum Gasteiger partial charge on any atom is -0.467 e. The number of rotatable bonds is 5. The Hall–Kier alpha value is -3.11. The van der Waals surface area contributed by atoms with Gasteiger partial charge in [0, 0.05) is 23.1 Å². The molecule has 4 rings (SSSR count). The number of hydrogen-bond acceptors (Lipinski definition) is 3. The van der Waals surface area contributed by atoms with Crippen molar-refractivity contribution in [2.75, 3.05) is 0 Å². The van der Waals surface area contributed by atoms with Crippen LogP contribution in [-0.4, -0.2) is 15.8 Å². The molecule has 140 valence electrons. The number of pyridine rings is 1. The standard InChI is InChI=1S/C23H19ClN2O2/c1-16-9-10-18-13-19(22(24)25-21(18)12-16)14-26(15-20-8-5-11-28-20)23(27)17-6-3-2-4-7-17/h2-13H,14-15H2,1H3. The maximum Gasteiger partial charge on any atom is 0.254 e. The number of aromatic nitrogens is 1. The molecular formula is C23H19ClN2O2. The Kier molecular flexibility index (Phi) is 5.13. The number of benzene rings is 2. The lowest BCUT2D eigenvalue weighted by molar-refractivity contribution is 0.0717. The van der Waals surface area contributed by atoms with Crippen LogP contribution in [0.1, 0.15) is 27.2 Å². The van der Waals surface area contributed by atoms with E-state index in [-0.39, 0.29) is 5.91 Å². The predicted molar refractivity (Wildman–Crippen MR) is 110 cm³/mol. The number of hydrogen-bond donors (Lipinski definition) is 0. The number of fused-ring (bicyclic) bond motifs is 1. The van der Waals surface area contributed by atoms with Crippen molar-refractivity contribution < 1.29 is 9.21 Å². The van der Waals surface area contributed by atoms with Crippen molar-refractivity contribution in [3.63, 3.8) is 0 Å². The molecule has 2 aromatic carbocycles. The van der Waals surface area contributed by atoms with Crippen molar-refractivity contribution >= 4 is 28.4 Å². The summed E-state index contributed by atoms with van der Waals surface area (Å²) in [6.45, 7) is 2.71. The molecule has 0 atom stereocenters. The fourth-order valence-corrected chi connectivity index (χ4v) is 3.37. The van der Waals surface area contributed by atoms with Crippen LogP contribution < -0.4 is 0 Å². The van der Waals surface area contributed by atoms with E-state index in [1.165, 1.54) is 0 Å². The van der Waals surface area contributed by atoms with Gasteiger partial charge in [0.1, 0.15) is 10.9 Å². The zero-order chi connectivity index (χ0) is 19.5. The summed E-state index contributed by atoms with van der Waals surface area (Å²) in [6.07, 6.45) is 1.60. The molecule has 0 spiro atoms. The summed E-state index contributed by atoms with van der Waals surface area (Å²) < 4.78 is 5.46. The van der Waals surface area contributed by atoms with E-state index in [9.17, 15) is 4.79 Å². The van der Waals surface area contributed by atoms with Gasteiger partial charge in [0.2, 0.25) is 0 Å². The monoisotopic (exact) mass is 390 g/mol. The minimum absolute atomic E-state index is 0.0860. The Bertz CT molecular complexity index is 1110. The summed E-state index contributed by atoms with van der Waals surface area (Å²) >= 11 is 6.46.